The Morgan fingerprint density at radius 1 is 1.50 bits per heavy atom. The van der Waals surface area contributed by atoms with Crippen molar-refractivity contribution in [3.05, 3.63) is 29.0 Å². The monoisotopic (exact) mass is 297 g/mol. The molecule has 0 spiro atoms. The van der Waals surface area contributed by atoms with Crippen molar-refractivity contribution in [3.8, 4) is 0 Å². The number of aliphatic hydroxyl groups is 1. The third-order valence-electron chi connectivity index (χ3n) is 3.29. The van der Waals surface area contributed by atoms with Crippen LogP contribution < -0.4 is 5.73 Å². The first-order valence-corrected chi connectivity index (χ1v) is 6.69. The summed E-state index contributed by atoms with van der Waals surface area (Å²) in [7, 11) is 0. The molecule has 20 heavy (non-hydrogen) atoms. The van der Waals surface area contributed by atoms with E-state index in [1.54, 1.807) is 6.07 Å². The SMILES string of the molecule is NC(=O)CC1(O)CCCN(C(=O)c2ccc(Cl)cn2)C1. The van der Waals surface area contributed by atoms with Crippen molar-refractivity contribution in [1.29, 1.82) is 0 Å². The molecule has 1 saturated heterocycles. The van der Waals surface area contributed by atoms with E-state index in [0.717, 1.165) is 0 Å². The number of pyridine rings is 1. The summed E-state index contributed by atoms with van der Waals surface area (Å²) in [5.41, 5.74) is 4.15. The van der Waals surface area contributed by atoms with Gasteiger partial charge in [-0.15, -0.1) is 0 Å². The Balaban J connectivity index is 2.10. The molecule has 1 aromatic heterocycles. The van der Waals surface area contributed by atoms with Crippen molar-refractivity contribution in [2.24, 2.45) is 5.73 Å². The quantitative estimate of drug-likeness (QED) is 0.853. The summed E-state index contributed by atoms with van der Waals surface area (Å²) in [5.74, 6) is -0.865. The largest absolute Gasteiger partial charge is 0.388 e. The first-order valence-electron chi connectivity index (χ1n) is 6.31. The Hall–Kier alpha value is -1.66. The van der Waals surface area contributed by atoms with Crippen molar-refractivity contribution >= 4 is 23.4 Å². The van der Waals surface area contributed by atoms with E-state index in [4.69, 9.17) is 17.3 Å². The van der Waals surface area contributed by atoms with Crippen LogP contribution in [0.1, 0.15) is 29.8 Å². The number of carbonyl (C=O) groups excluding carboxylic acids is 2. The second kappa shape index (κ2) is 5.76. The number of halogens is 1. The zero-order valence-corrected chi connectivity index (χ0v) is 11.6. The van der Waals surface area contributed by atoms with E-state index in [1.165, 1.54) is 17.2 Å². The predicted octanol–water partition coefficient (Wildman–Crippen LogP) is 0.577. The first-order chi connectivity index (χ1) is 9.39. The molecular formula is C13H16ClN3O3. The molecule has 1 atom stereocenters. The molecule has 0 saturated carbocycles. The van der Waals surface area contributed by atoms with Crippen LogP contribution in [-0.4, -0.2) is 45.5 Å². The molecule has 0 aromatic carbocycles. The number of piperidine rings is 1. The number of nitrogens with zero attached hydrogens (tertiary/aromatic N) is 2. The van der Waals surface area contributed by atoms with Crippen LogP contribution in [0.2, 0.25) is 5.02 Å². The maximum Gasteiger partial charge on any atom is 0.272 e. The van der Waals surface area contributed by atoms with E-state index >= 15 is 0 Å². The van der Waals surface area contributed by atoms with Crippen LogP contribution >= 0.6 is 11.6 Å². The van der Waals surface area contributed by atoms with Gasteiger partial charge in [0.05, 0.1) is 23.6 Å². The lowest BCUT2D eigenvalue weighted by atomic mass is 9.89. The van der Waals surface area contributed by atoms with Crippen molar-refractivity contribution in [2.75, 3.05) is 13.1 Å². The molecule has 1 aliphatic rings. The van der Waals surface area contributed by atoms with E-state index in [9.17, 15) is 14.7 Å². The number of likely N-dealkylation sites (tertiary alicyclic amines) is 1. The van der Waals surface area contributed by atoms with Gasteiger partial charge in [0, 0.05) is 12.7 Å². The molecule has 2 heterocycles. The van der Waals surface area contributed by atoms with Crippen molar-refractivity contribution < 1.29 is 14.7 Å². The third kappa shape index (κ3) is 3.46. The number of rotatable bonds is 3. The summed E-state index contributed by atoms with van der Waals surface area (Å²) >= 11 is 5.73. The lowest BCUT2D eigenvalue weighted by molar-refractivity contribution is -0.125. The zero-order valence-electron chi connectivity index (χ0n) is 10.9. The van der Waals surface area contributed by atoms with Gasteiger partial charge in [-0.05, 0) is 25.0 Å². The fourth-order valence-corrected chi connectivity index (χ4v) is 2.53. The Morgan fingerprint density at radius 3 is 2.85 bits per heavy atom. The summed E-state index contributed by atoms with van der Waals surface area (Å²) < 4.78 is 0. The third-order valence-corrected chi connectivity index (χ3v) is 3.52. The highest BCUT2D eigenvalue weighted by atomic mass is 35.5. The molecule has 0 aliphatic carbocycles. The number of hydrogen-bond donors (Lipinski definition) is 2. The van der Waals surface area contributed by atoms with Crippen LogP contribution in [0.25, 0.3) is 0 Å². The molecule has 0 bridgehead atoms. The summed E-state index contributed by atoms with van der Waals surface area (Å²) in [6.07, 6.45) is 2.32. The molecule has 1 aliphatic heterocycles. The minimum atomic E-state index is -1.24. The standard InChI is InChI=1S/C13H16ClN3O3/c14-9-2-3-10(16-7-9)12(19)17-5-1-4-13(20,8-17)6-11(15)18/h2-3,7,20H,1,4-6,8H2,(H2,15,18). The van der Waals surface area contributed by atoms with Gasteiger partial charge >= 0.3 is 0 Å². The Bertz CT molecular complexity index is 520. The summed E-state index contributed by atoms with van der Waals surface area (Å²) in [5, 5.41) is 10.8. The second-order valence-corrected chi connectivity index (χ2v) is 5.50. The number of carbonyl (C=O) groups is 2. The van der Waals surface area contributed by atoms with E-state index < -0.39 is 11.5 Å². The number of β-amino-alcohol motifs (C(OH)–C–C–N with tert-alkyl or cyclic N) is 1. The molecular weight excluding hydrogens is 282 g/mol. The molecule has 7 heteroatoms. The number of nitrogens with two attached hydrogens (primary N) is 1. The highest BCUT2D eigenvalue weighted by Crippen LogP contribution is 2.25. The first kappa shape index (κ1) is 14.7. The Morgan fingerprint density at radius 2 is 2.25 bits per heavy atom. The highest BCUT2D eigenvalue weighted by molar-refractivity contribution is 6.30. The number of primary amides is 1. The van der Waals surface area contributed by atoms with Gasteiger partial charge in [-0.1, -0.05) is 11.6 Å². The van der Waals surface area contributed by atoms with Crippen LogP contribution in [0.4, 0.5) is 0 Å². The predicted molar refractivity (Wildman–Crippen MR) is 73.1 cm³/mol. The summed E-state index contributed by atoms with van der Waals surface area (Å²) in [6.45, 7) is 0.600. The molecule has 108 valence electrons. The van der Waals surface area contributed by atoms with Gasteiger partial charge in [-0.3, -0.25) is 9.59 Å². The van der Waals surface area contributed by atoms with Crippen molar-refractivity contribution in [3.63, 3.8) is 0 Å². The Labute approximate surface area is 121 Å². The molecule has 0 radical (unpaired) electrons. The van der Waals surface area contributed by atoms with Crippen LogP contribution in [-0.2, 0) is 4.79 Å². The van der Waals surface area contributed by atoms with Crippen LogP contribution in [0.5, 0.6) is 0 Å². The van der Waals surface area contributed by atoms with Crippen molar-refractivity contribution in [2.45, 2.75) is 24.9 Å². The van der Waals surface area contributed by atoms with E-state index in [-0.39, 0.29) is 24.6 Å². The van der Waals surface area contributed by atoms with E-state index in [0.29, 0.717) is 24.4 Å². The number of amides is 2. The van der Waals surface area contributed by atoms with Gasteiger partial charge in [0.15, 0.2) is 0 Å². The molecule has 1 fully saturated rings. The van der Waals surface area contributed by atoms with Gasteiger partial charge in [-0.25, -0.2) is 4.98 Å². The van der Waals surface area contributed by atoms with Crippen LogP contribution in [0.15, 0.2) is 18.3 Å². The maximum absolute atomic E-state index is 12.3. The molecule has 2 rings (SSSR count). The summed E-state index contributed by atoms with van der Waals surface area (Å²) in [6, 6.07) is 3.12. The number of hydrogen-bond acceptors (Lipinski definition) is 4. The van der Waals surface area contributed by atoms with Gasteiger partial charge in [0.25, 0.3) is 5.91 Å². The topological polar surface area (TPSA) is 96.5 Å². The highest BCUT2D eigenvalue weighted by Gasteiger charge is 2.37. The fraction of sp³-hybridized carbons (Fsp3) is 0.462. The zero-order chi connectivity index (χ0) is 14.8. The number of aromatic nitrogens is 1. The van der Waals surface area contributed by atoms with E-state index in [1.807, 2.05) is 0 Å². The molecule has 1 unspecified atom stereocenters. The Kier molecular flexibility index (Phi) is 4.25. The molecule has 1 aromatic rings. The smallest absolute Gasteiger partial charge is 0.272 e. The second-order valence-electron chi connectivity index (χ2n) is 5.06. The van der Waals surface area contributed by atoms with Gasteiger partial charge in [-0.2, -0.15) is 0 Å². The lowest BCUT2D eigenvalue weighted by Gasteiger charge is -2.38. The maximum atomic E-state index is 12.3. The molecule has 3 N–H and O–H groups in total. The molecule has 2 amide bonds. The molecule has 6 nitrogen and oxygen atoms in total. The minimum Gasteiger partial charge on any atom is -0.388 e. The summed E-state index contributed by atoms with van der Waals surface area (Å²) in [4.78, 5) is 28.7. The average molecular weight is 298 g/mol. The lowest BCUT2D eigenvalue weighted by Crippen LogP contribution is -2.52. The normalized spacial score (nSPS) is 22.6. The van der Waals surface area contributed by atoms with E-state index in [2.05, 4.69) is 4.98 Å². The average Bonchev–Trinajstić information content (AvgIpc) is 2.37. The van der Waals surface area contributed by atoms with Crippen LogP contribution in [0.3, 0.4) is 0 Å². The fourth-order valence-electron chi connectivity index (χ4n) is 2.42. The van der Waals surface area contributed by atoms with Crippen LogP contribution in [0, 0.1) is 0 Å². The van der Waals surface area contributed by atoms with Crippen molar-refractivity contribution in [1.82, 2.24) is 9.88 Å². The van der Waals surface area contributed by atoms with Gasteiger partial charge < -0.3 is 15.7 Å². The minimum absolute atomic E-state index is 0.0824. The van der Waals surface area contributed by atoms with Gasteiger partial charge in [0.1, 0.15) is 5.69 Å². The van der Waals surface area contributed by atoms with Gasteiger partial charge in [0.2, 0.25) is 5.91 Å².